The Morgan fingerprint density at radius 3 is 2.50 bits per heavy atom. The lowest BCUT2D eigenvalue weighted by Crippen LogP contribution is -2.44. The summed E-state index contributed by atoms with van der Waals surface area (Å²) in [5.41, 5.74) is 7.79. The van der Waals surface area contributed by atoms with Crippen LogP contribution in [0.5, 0.6) is 11.6 Å². The van der Waals surface area contributed by atoms with Crippen LogP contribution in [-0.2, 0) is 4.79 Å². The molecular weight excluding hydrogens is 308 g/mol. The molecule has 1 aromatic carbocycles. The molecule has 3 amide bonds. The van der Waals surface area contributed by atoms with Gasteiger partial charge in [0.05, 0.1) is 11.9 Å². The molecule has 0 aliphatic carbocycles. The Bertz CT molecular complexity index is 744. The number of hydrogen-bond donors (Lipinski definition) is 3. The van der Waals surface area contributed by atoms with Crippen molar-refractivity contribution in [2.45, 2.75) is 26.8 Å². The third-order valence-electron chi connectivity index (χ3n) is 3.46. The average Bonchev–Trinajstić information content (AvgIpc) is 2.52. The Labute approximate surface area is 140 Å². The number of anilines is 1. The van der Waals surface area contributed by atoms with E-state index in [1.165, 1.54) is 18.7 Å². The van der Waals surface area contributed by atoms with Crippen molar-refractivity contribution in [3.8, 4) is 11.6 Å². The minimum Gasteiger partial charge on any atom is -0.439 e. The smallest absolute Gasteiger partial charge is 0.312 e. The van der Waals surface area contributed by atoms with Gasteiger partial charge in [0.15, 0.2) is 0 Å². The molecular formula is C17H20N4O3. The van der Waals surface area contributed by atoms with Crippen LogP contribution >= 0.6 is 0 Å². The first-order valence-corrected chi connectivity index (χ1v) is 7.43. The first kappa shape index (κ1) is 17.3. The van der Waals surface area contributed by atoms with E-state index in [9.17, 15) is 9.59 Å². The Morgan fingerprint density at radius 1 is 1.17 bits per heavy atom. The summed E-state index contributed by atoms with van der Waals surface area (Å²) in [6.45, 7) is 5.57. The molecule has 0 aliphatic heterocycles. The quantitative estimate of drug-likeness (QED) is 0.784. The van der Waals surface area contributed by atoms with Gasteiger partial charge in [-0.1, -0.05) is 6.07 Å². The van der Waals surface area contributed by atoms with Gasteiger partial charge in [-0.05, 0) is 50.1 Å². The molecule has 0 saturated heterocycles. The van der Waals surface area contributed by atoms with Crippen molar-refractivity contribution < 1.29 is 14.3 Å². The Morgan fingerprint density at radius 2 is 1.92 bits per heavy atom. The molecule has 126 valence electrons. The molecule has 0 fully saturated rings. The van der Waals surface area contributed by atoms with Crippen LogP contribution in [0, 0.1) is 13.8 Å². The van der Waals surface area contributed by atoms with E-state index in [0.717, 1.165) is 5.56 Å². The number of nitrogens with zero attached hydrogens (tertiary/aromatic N) is 1. The molecule has 0 saturated carbocycles. The number of ether oxygens (including phenoxy) is 1. The van der Waals surface area contributed by atoms with E-state index in [4.69, 9.17) is 10.5 Å². The molecule has 1 atom stereocenters. The van der Waals surface area contributed by atoms with Gasteiger partial charge in [-0.25, -0.2) is 9.78 Å². The summed E-state index contributed by atoms with van der Waals surface area (Å²) in [6, 6.07) is 7.60. The van der Waals surface area contributed by atoms with Crippen molar-refractivity contribution in [2.75, 3.05) is 5.32 Å². The van der Waals surface area contributed by atoms with Crippen LogP contribution in [0.25, 0.3) is 0 Å². The number of amides is 3. The number of nitrogens with one attached hydrogen (secondary N) is 2. The van der Waals surface area contributed by atoms with Crippen molar-refractivity contribution in [2.24, 2.45) is 5.73 Å². The van der Waals surface area contributed by atoms with E-state index in [1.807, 2.05) is 32.0 Å². The molecule has 7 heteroatoms. The number of hydrogen-bond acceptors (Lipinski definition) is 4. The van der Waals surface area contributed by atoms with Gasteiger partial charge >= 0.3 is 6.03 Å². The fourth-order valence-corrected chi connectivity index (χ4v) is 1.94. The lowest BCUT2D eigenvalue weighted by Gasteiger charge is -2.12. The number of aryl methyl sites for hydroxylation is 2. The highest BCUT2D eigenvalue weighted by atomic mass is 16.5. The van der Waals surface area contributed by atoms with Gasteiger partial charge in [0.1, 0.15) is 11.8 Å². The highest BCUT2D eigenvalue weighted by Crippen LogP contribution is 2.22. The summed E-state index contributed by atoms with van der Waals surface area (Å²) >= 11 is 0. The minimum absolute atomic E-state index is 0.390. The van der Waals surface area contributed by atoms with Crippen LogP contribution in [0.1, 0.15) is 18.1 Å². The fourth-order valence-electron chi connectivity index (χ4n) is 1.94. The number of carbonyl (C=O) groups excluding carboxylic acids is 2. The summed E-state index contributed by atoms with van der Waals surface area (Å²) < 4.78 is 5.68. The molecule has 2 aromatic rings. The van der Waals surface area contributed by atoms with E-state index in [2.05, 4.69) is 15.6 Å². The van der Waals surface area contributed by atoms with Crippen LogP contribution in [0.15, 0.2) is 36.5 Å². The molecule has 0 bridgehead atoms. The third-order valence-corrected chi connectivity index (χ3v) is 3.46. The van der Waals surface area contributed by atoms with E-state index in [1.54, 1.807) is 12.1 Å². The van der Waals surface area contributed by atoms with Gasteiger partial charge in [-0.15, -0.1) is 0 Å². The zero-order chi connectivity index (χ0) is 17.7. The van der Waals surface area contributed by atoms with E-state index in [0.29, 0.717) is 17.3 Å². The SMILES string of the molecule is Cc1ccc(Oc2ccc(NC(=O)C(C)NC(N)=O)cn2)cc1C. The van der Waals surface area contributed by atoms with Crippen molar-refractivity contribution in [3.05, 3.63) is 47.7 Å². The molecule has 0 radical (unpaired) electrons. The van der Waals surface area contributed by atoms with Crippen LogP contribution in [0.3, 0.4) is 0 Å². The van der Waals surface area contributed by atoms with Gasteiger partial charge in [0.25, 0.3) is 0 Å². The number of rotatable bonds is 5. The maximum absolute atomic E-state index is 11.9. The largest absolute Gasteiger partial charge is 0.439 e. The summed E-state index contributed by atoms with van der Waals surface area (Å²) in [4.78, 5) is 26.7. The highest BCUT2D eigenvalue weighted by Gasteiger charge is 2.14. The zero-order valence-corrected chi connectivity index (χ0v) is 13.8. The number of urea groups is 1. The Balaban J connectivity index is 1.98. The lowest BCUT2D eigenvalue weighted by atomic mass is 10.1. The zero-order valence-electron chi connectivity index (χ0n) is 13.8. The predicted octanol–water partition coefficient (Wildman–Crippen LogP) is 2.49. The van der Waals surface area contributed by atoms with E-state index < -0.39 is 18.0 Å². The van der Waals surface area contributed by atoms with Gasteiger partial charge in [-0.3, -0.25) is 4.79 Å². The number of primary amides is 1. The van der Waals surface area contributed by atoms with Crippen LogP contribution < -0.4 is 21.1 Å². The number of carbonyl (C=O) groups is 2. The Hall–Kier alpha value is -3.09. The van der Waals surface area contributed by atoms with Crippen LogP contribution in [0.4, 0.5) is 10.5 Å². The number of benzene rings is 1. The molecule has 0 spiro atoms. The predicted molar refractivity (Wildman–Crippen MR) is 91.0 cm³/mol. The van der Waals surface area contributed by atoms with Crippen LogP contribution in [-0.4, -0.2) is 23.0 Å². The van der Waals surface area contributed by atoms with Crippen molar-refractivity contribution in [1.82, 2.24) is 10.3 Å². The van der Waals surface area contributed by atoms with Crippen molar-refractivity contribution >= 4 is 17.6 Å². The monoisotopic (exact) mass is 328 g/mol. The summed E-state index contributed by atoms with van der Waals surface area (Å²) in [5.74, 6) is 0.722. The molecule has 1 heterocycles. The number of nitrogens with two attached hydrogens (primary N) is 1. The normalized spacial score (nSPS) is 11.5. The maximum Gasteiger partial charge on any atom is 0.312 e. The van der Waals surface area contributed by atoms with Gasteiger partial charge in [-0.2, -0.15) is 0 Å². The van der Waals surface area contributed by atoms with E-state index >= 15 is 0 Å². The fraction of sp³-hybridized carbons (Fsp3) is 0.235. The molecule has 24 heavy (non-hydrogen) atoms. The molecule has 1 aromatic heterocycles. The van der Waals surface area contributed by atoms with Gasteiger partial charge in [0, 0.05) is 6.07 Å². The maximum atomic E-state index is 11.9. The average molecular weight is 328 g/mol. The van der Waals surface area contributed by atoms with Crippen LogP contribution in [0.2, 0.25) is 0 Å². The molecule has 2 rings (SSSR count). The topological polar surface area (TPSA) is 106 Å². The second-order valence-corrected chi connectivity index (χ2v) is 5.45. The first-order chi connectivity index (χ1) is 11.3. The second-order valence-electron chi connectivity index (χ2n) is 5.45. The summed E-state index contributed by atoms with van der Waals surface area (Å²) in [5, 5.41) is 4.93. The lowest BCUT2D eigenvalue weighted by molar-refractivity contribution is -0.117. The minimum atomic E-state index is -0.757. The highest BCUT2D eigenvalue weighted by molar-refractivity contribution is 5.96. The third kappa shape index (κ3) is 4.70. The Kier molecular flexibility index (Phi) is 5.36. The summed E-state index contributed by atoms with van der Waals surface area (Å²) in [7, 11) is 0. The van der Waals surface area contributed by atoms with Crippen molar-refractivity contribution in [1.29, 1.82) is 0 Å². The van der Waals surface area contributed by atoms with Gasteiger partial charge in [0.2, 0.25) is 11.8 Å². The number of aromatic nitrogens is 1. The number of pyridine rings is 1. The molecule has 1 unspecified atom stereocenters. The first-order valence-electron chi connectivity index (χ1n) is 7.43. The molecule has 7 nitrogen and oxygen atoms in total. The second kappa shape index (κ2) is 7.45. The standard InChI is InChI=1S/C17H20N4O3/c1-10-4-6-14(8-11(10)2)24-15-7-5-13(9-19-15)21-16(22)12(3)20-17(18)23/h4-9,12H,1-3H3,(H,21,22)(H3,18,20,23). The van der Waals surface area contributed by atoms with Gasteiger partial charge < -0.3 is 21.1 Å². The van der Waals surface area contributed by atoms with E-state index in [-0.39, 0.29) is 0 Å². The summed E-state index contributed by atoms with van der Waals surface area (Å²) in [6.07, 6.45) is 1.48. The van der Waals surface area contributed by atoms with Crippen molar-refractivity contribution in [3.63, 3.8) is 0 Å². The molecule has 0 aliphatic rings. The molecule has 4 N–H and O–H groups in total.